The number of anilines is 3. The largest absolute Gasteiger partial charge is 0.461 e. The van der Waals surface area contributed by atoms with Crippen LogP contribution < -0.4 is 4.90 Å². The molecule has 0 aliphatic rings. The van der Waals surface area contributed by atoms with E-state index in [2.05, 4.69) is 92.1 Å². The lowest BCUT2D eigenvalue weighted by atomic mass is 10.1. The molecule has 0 amide bonds. The zero-order valence-electron chi connectivity index (χ0n) is 20.4. The number of benzene rings is 4. The SMILES string of the molecule is C=Cc1ccc(COC(=O)CCc2ccc(N(c3ccccc3)c3ccc(C)c(C)c3)cc2)cc1. The summed E-state index contributed by atoms with van der Waals surface area (Å²) in [4.78, 5) is 14.5. The van der Waals surface area contributed by atoms with Gasteiger partial charge in [-0.25, -0.2) is 0 Å². The van der Waals surface area contributed by atoms with Crippen LogP contribution in [0, 0.1) is 13.8 Å². The number of aryl methyl sites for hydroxylation is 3. The molecule has 0 N–H and O–H groups in total. The Labute approximate surface area is 208 Å². The highest BCUT2D eigenvalue weighted by Crippen LogP contribution is 2.35. The topological polar surface area (TPSA) is 29.5 Å². The zero-order valence-corrected chi connectivity index (χ0v) is 20.4. The fraction of sp³-hybridized carbons (Fsp3) is 0.156. The maximum Gasteiger partial charge on any atom is 0.306 e. The van der Waals surface area contributed by atoms with Crippen molar-refractivity contribution in [3.05, 3.63) is 131 Å². The van der Waals surface area contributed by atoms with Gasteiger partial charge in [0.1, 0.15) is 6.61 Å². The van der Waals surface area contributed by atoms with Crippen molar-refractivity contribution in [3.8, 4) is 0 Å². The molecule has 0 spiro atoms. The van der Waals surface area contributed by atoms with Crippen LogP contribution in [0.25, 0.3) is 6.08 Å². The van der Waals surface area contributed by atoms with E-state index < -0.39 is 0 Å². The van der Waals surface area contributed by atoms with Crippen LogP contribution in [0.2, 0.25) is 0 Å². The van der Waals surface area contributed by atoms with Gasteiger partial charge in [-0.1, -0.05) is 73.3 Å². The van der Waals surface area contributed by atoms with Crippen molar-refractivity contribution >= 4 is 29.1 Å². The predicted molar refractivity (Wildman–Crippen MR) is 145 cm³/mol. The summed E-state index contributed by atoms with van der Waals surface area (Å²) in [5.74, 6) is -0.192. The molecule has 176 valence electrons. The lowest BCUT2D eigenvalue weighted by Crippen LogP contribution is -2.10. The molecule has 0 heterocycles. The number of carbonyl (C=O) groups excluding carboxylic acids is 1. The molecule has 0 aromatic heterocycles. The number of esters is 1. The van der Waals surface area contributed by atoms with Gasteiger partial charge >= 0.3 is 5.97 Å². The van der Waals surface area contributed by atoms with E-state index in [1.165, 1.54) is 11.1 Å². The van der Waals surface area contributed by atoms with E-state index in [1.807, 2.05) is 30.3 Å². The zero-order chi connectivity index (χ0) is 24.6. The molecule has 0 unspecified atom stereocenters. The summed E-state index contributed by atoms with van der Waals surface area (Å²) in [6.07, 6.45) is 2.79. The molecule has 0 fully saturated rings. The molecule has 0 saturated carbocycles. The monoisotopic (exact) mass is 461 g/mol. The average Bonchev–Trinajstić information content (AvgIpc) is 2.90. The maximum atomic E-state index is 12.3. The second kappa shape index (κ2) is 11.3. The smallest absolute Gasteiger partial charge is 0.306 e. The van der Waals surface area contributed by atoms with Gasteiger partial charge in [0, 0.05) is 23.5 Å². The minimum atomic E-state index is -0.192. The lowest BCUT2D eigenvalue weighted by Gasteiger charge is -2.26. The standard InChI is InChI=1S/C32H31NO2/c1-4-26-11-13-28(14-12-26)23-35-32(34)21-17-27-15-19-30(20-16-27)33(29-8-6-5-7-9-29)31-18-10-24(2)25(3)22-31/h4-16,18-20,22H,1,17,21,23H2,2-3H3. The molecule has 3 heteroatoms. The molecule has 4 rings (SSSR count). The van der Waals surface area contributed by atoms with Crippen molar-refractivity contribution < 1.29 is 9.53 Å². The number of rotatable bonds is 9. The number of para-hydroxylation sites is 1. The molecule has 0 aliphatic heterocycles. The Morgan fingerprint density at radius 2 is 1.40 bits per heavy atom. The van der Waals surface area contributed by atoms with Gasteiger partial charge in [-0.15, -0.1) is 0 Å². The van der Waals surface area contributed by atoms with E-state index in [1.54, 1.807) is 6.08 Å². The van der Waals surface area contributed by atoms with Gasteiger partial charge in [0.2, 0.25) is 0 Å². The highest BCUT2D eigenvalue weighted by Gasteiger charge is 2.13. The third-order valence-corrected chi connectivity index (χ3v) is 6.19. The van der Waals surface area contributed by atoms with Crippen LogP contribution in [0.15, 0.2) is 104 Å². The number of ether oxygens (including phenoxy) is 1. The van der Waals surface area contributed by atoms with E-state index in [-0.39, 0.29) is 12.6 Å². The maximum absolute atomic E-state index is 12.3. The first-order valence-electron chi connectivity index (χ1n) is 11.9. The van der Waals surface area contributed by atoms with Gasteiger partial charge in [0.25, 0.3) is 0 Å². The van der Waals surface area contributed by atoms with Crippen LogP contribution in [-0.2, 0) is 22.6 Å². The van der Waals surface area contributed by atoms with E-state index in [0.717, 1.165) is 33.8 Å². The van der Waals surface area contributed by atoms with Gasteiger partial charge in [-0.05, 0) is 84.5 Å². The minimum absolute atomic E-state index is 0.192. The number of nitrogens with zero attached hydrogens (tertiary/aromatic N) is 1. The second-order valence-corrected chi connectivity index (χ2v) is 8.71. The normalized spacial score (nSPS) is 10.6. The van der Waals surface area contributed by atoms with E-state index in [4.69, 9.17) is 4.74 Å². The summed E-state index contributed by atoms with van der Waals surface area (Å²) in [5.41, 5.74) is 8.97. The number of hydrogen-bond acceptors (Lipinski definition) is 3. The Morgan fingerprint density at radius 1 is 0.771 bits per heavy atom. The van der Waals surface area contributed by atoms with Crippen molar-refractivity contribution in [1.82, 2.24) is 0 Å². The summed E-state index contributed by atoms with van der Waals surface area (Å²) < 4.78 is 5.45. The van der Waals surface area contributed by atoms with Crippen molar-refractivity contribution in [2.24, 2.45) is 0 Å². The first kappa shape index (κ1) is 24.0. The highest BCUT2D eigenvalue weighted by molar-refractivity contribution is 5.77. The molecule has 0 aliphatic carbocycles. The highest BCUT2D eigenvalue weighted by atomic mass is 16.5. The first-order valence-corrected chi connectivity index (χ1v) is 11.9. The Balaban J connectivity index is 1.41. The number of carbonyl (C=O) groups is 1. The Morgan fingerprint density at radius 3 is 2.06 bits per heavy atom. The lowest BCUT2D eigenvalue weighted by molar-refractivity contribution is -0.144. The number of hydrogen-bond donors (Lipinski definition) is 0. The molecule has 35 heavy (non-hydrogen) atoms. The van der Waals surface area contributed by atoms with Gasteiger partial charge < -0.3 is 9.64 Å². The predicted octanol–water partition coefficient (Wildman–Crippen LogP) is 8.09. The van der Waals surface area contributed by atoms with Gasteiger partial charge in [0.15, 0.2) is 0 Å². The van der Waals surface area contributed by atoms with Crippen molar-refractivity contribution in [2.45, 2.75) is 33.3 Å². The summed E-state index contributed by atoms with van der Waals surface area (Å²) >= 11 is 0. The summed E-state index contributed by atoms with van der Waals surface area (Å²) in [7, 11) is 0. The quantitative estimate of drug-likeness (QED) is 0.236. The minimum Gasteiger partial charge on any atom is -0.461 e. The average molecular weight is 462 g/mol. The van der Waals surface area contributed by atoms with Crippen molar-refractivity contribution in [2.75, 3.05) is 4.90 Å². The fourth-order valence-electron chi connectivity index (χ4n) is 3.93. The molecule has 3 nitrogen and oxygen atoms in total. The van der Waals surface area contributed by atoms with Crippen LogP contribution in [0.5, 0.6) is 0 Å². The third-order valence-electron chi connectivity index (χ3n) is 6.19. The Kier molecular flexibility index (Phi) is 7.79. The fourth-order valence-corrected chi connectivity index (χ4v) is 3.93. The van der Waals surface area contributed by atoms with E-state index in [9.17, 15) is 4.79 Å². The van der Waals surface area contributed by atoms with Gasteiger partial charge in [-0.3, -0.25) is 4.79 Å². The summed E-state index contributed by atoms with van der Waals surface area (Å²) in [6.45, 7) is 8.31. The molecule has 0 radical (unpaired) electrons. The molecular formula is C32H31NO2. The third kappa shape index (κ3) is 6.27. The molecule has 0 atom stereocenters. The summed E-state index contributed by atoms with van der Waals surface area (Å²) in [6, 6.07) is 33.2. The van der Waals surface area contributed by atoms with E-state index >= 15 is 0 Å². The second-order valence-electron chi connectivity index (χ2n) is 8.71. The van der Waals surface area contributed by atoms with Crippen LogP contribution in [-0.4, -0.2) is 5.97 Å². The van der Waals surface area contributed by atoms with Crippen molar-refractivity contribution in [1.29, 1.82) is 0 Å². The van der Waals surface area contributed by atoms with Crippen LogP contribution in [0.1, 0.15) is 34.2 Å². The Hall–Kier alpha value is -4.11. The van der Waals surface area contributed by atoms with Crippen LogP contribution in [0.3, 0.4) is 0 Å². The summed E-state index contributed by atoms with van der Waals surface area (Å²) in [5, 5.41) is 0. The van der Waals surface area contributed by atoms with Crippen LogP contribution >= 0.6 is 0 Å². The van der Waals surface area contributed by atoms with E-state index in [0.29, 0.717) is 12.8 Å². The Bertz CT molecular complexity index is 1280. The molecular weight excluding hydrogens is 430 g/mol. The molecule has 4 aromatic carbocycles. The molecule has 0 saturated heterocycles. The van der Waals surface area contributed by atoms with Crippen molar-refractivity contribution in [3.63, 3.8) is 0 Å². The van der Waals surface area contributed by atoms with Gasteiger partial charge in [0.05, 0.1) is 0 Å². The molecule has 4 aromatic rings. The van der Waals surface area contributed by atoms with Crippen LogP contribution in [0.4, 0.5) is 17.1 Å². The first-order chi connectivity index (χ1) is 17.0. The van der Waals surface area contributed by atoms with Gasteiger partial charge in [-0.2, -0.15) is 0 Å². The molecule has 0 bridgehead atoms.